The third kappa shape index (κ3) is 6.98. The number of nitrogens with one attached hydrogen (secondary N) is 1. The van der Waals surface area contributed by atoms with E-state index < -0.39 is 52.3 Å². The lowest BCUT2D eigenvalue weighted by molar-refractivity contribution is -0.138. The molecule has 0 aliphatic heterocycles. The molecule has 3 N–H and O–H groups in total. The van der Waals surface area contributed by atoms with Gasteiger partial charge in [-0.15, -0.1) is 0 Å². The zero-order valence-corrected chi connectivity index (χ0v) is 20.4. The molecule has 0 spiro atoms. The fourth-order valence-electron chi connectivity index (χ4n) is 3.56. The molecular formula is C24H20F8N6O2. The molecule has 0 radical (unpaired) electrons. The molecule has 1 aromatic carbocycles. The normalized spacial score (nSPS) is 12.6. The highest BCUT2D eigenvalue weighted by atomic mass is 19.4. The molecule has 0 bridgehead atoms. The largest absolute Gasteiger partial charge is 0.423 e. The number of hydrogen-bond acceptors (Lipinski definition) is 6. The standard InChI is InChI=1S/C19H16F5N3O.C5H4F3N3O/c1-2-3-13(20)10-27-5-4-11-6-15(16(21)7-14(11)18(27)28)17-25-8-12(9-26-17)19(22,23)24;6-5(7,8)3-2(9)1-10-11-4(3)12/h4-9,13H,2-3,10H2,1H3;1H,(H3,9,11,12). The number of fused-ring (bicyclic) bond motifs is 1. The van der Waals surface area contributed by atoms with Crippen molar-refractivity contribution in [1.29, 1.82) is 0 Å². The Bertz CT molecular complexity index is 1600. The predicted molar refractivity (Wildman–Crippen MR) is 128 cm³/mol. The molecule has 1 atom stereocenters. The molecule has 40 heavy (non-hydrogen) atoms. The van der Waals surface area contributed by atoms with Gasteiger partial charge in [0.2, 0.25) is 0 Å². The van der Waals surface area contributed by atoms with Gasteiger partial charge in [-0.05, 0) is 30.0 Å². The molecule has 214 valence electrons. The monoisotopic (exact) mass is 576 g/mol. The van der Waals surface area contributed by atoms with Crippen LogP contribution in [0.4, 0.5) is 40.8 Å². The van der Waals surface area contributed by atoms with Crippen LogP contribution in [-0.4, -0.2) is 30.9 Å². The Morgan fingerprint density at radius 1 is 1.02 bits per heavy atom. The molecule has 4 rings (SSSR count). The molecule has 3 heterocycles. The van der Waals surface area contributed by atoms with Crippen molar-refractivity contribution < 1.29 is 35.1 Å². The number of anilines is 1. The maximum absolute atomic E-state index is 14.5. The van der Waals surface area contributed by atoms with Gasteiger partial charge in [0.15, 0.2) is 5.82 Å². The number of rotatable bonds is 5. The minimum Gasteiger partial charge on any atom is -0.397 e. The van der Waals surface area contributed by atoms with Crippen molar-refractivity contribution in [2.75, 3.05) is 5.73 Å². The lowest BCUT2D eigenvalue weighted by Gasteiger charge is -2.11. The van der Waals surface area contributed by atoms with Crippen LogP contribution >= 0.6 is 0 Å². The van der Waals surface area contributed by atoms with E-state index in [2.05, 4.69) is 15.1 Å². The first-order chi connectivity index (χ1) is 18.6. The summed E-state index contributed by atoms with van der Waals surface area (Å²) in [4.78, 5) is 30.2. The van der Waals surface area contributed by atoms with Crippen molar-refractivity contribution in [3.63, 3.8) is 0 Å². The third-order valence-electron chi connectivity index (χ3n) is 5.45. The van der Waals surface area contributed by atoms with Crippen LogP contribution in [-0.2, 0) is 18.9 Å². The second-order valence-corrected chi connectivity index (χ2v) is 8.40. The fraction of sp³-hybridized carbons (Fsp3) is 0.292. The van der Waals surface area contributed by atoms with E-state index in [1.807, 2.05) is 6.92 Å². The highest BCUT2D eigenvalue weighted by Crippen LogP contribution is 2.30. The van der Waals surface area contributed by atoms with Crippen LogP contribution in [0.3, 0.4) is 0 Å². The van der Waals surface area contributed by atoms with Gasteiger partial charge in [-0.3, -0.25) is 9.59 Å². The number of nitrogen functional groups attached to an aromatic ring is 1. The molecule has 0 aliphatic rings. The fourth-order valence-corrected chi connectivity index (χ4v) is 3.56. The molecule has 0 amide bonds. The van der Waals surface area contributed by atoms with E-state index in [-0.39, 0.29) is 23.3 Å². The number of alkyl halides is 7. The number of hydrogen-bond donors (Lipinski definition) is 2. The van der Waals surface area contributed by atoms with E-state index in [0.29, 0.717) is 30.6 Å². The minimum atomic E-state index is -4.74. The van der Waals surface area contributed by atoms with E-state index in [1.54, 1.807) is 5.10 Å². The van der Waals surface area contributed by atoms with Crippen molar-refractivity contribution in [3.8, 4) is 11.4 Å². The summed E-state index contributed by atoms with van der Waals surface area (Å²) in [6.07, 6.45) is -6.30. The third-order valence-corrected chi connectivity index (χ3v) is 5.45. The maximum Gasteiger partial charge on any atom is 0.423 e. The van der Waals surface area contributed by atoms with Gasteiger partial charge in [-0.2, -0.15) is 31.4 Å². The second kappa shape index (κ2) is 11.8. The second-order valence-electron chi connectivity index (χ2n) is 8.40. The first kappa shape index (κ1) is 30.2. The summed E-state index contributed by atoms with van der Waals surface area (Å²) in [7, 11) is 0. The lowest BCUT2D eigenvalue weighted by Crippen LogP contribution is -2.24. The van der Waals surface area contributed by atoms with Crippen molar-refractivity contribution in [2.45, 2.75) is 44.8 Å². The molecule has 0 aliphatic carbocycles. The summed E-state index contributed by atoms with van der Waals surface area (Å²) in [6, 6.07) is 3.78. The van der Waals surface area contributed by atoms with Crippen LogP contribution in [0.25, 0.3) is 22.2 Å². The molecule has 0 saturated heterocycles. The SMILES string of the molecule is CCCC(F)Cn1ccc2cc(-c3ncc(C(F)(F)F)cn3)c(F)cc2c1=O.Nc1cn[nH]c(=O)c1C(F)(F)F. The van der Waals surface area contributed by atoms with E-state index >= 15 is 0 Å². The van der Waals surface area contributed by atoms with Gasteiger partial charge in [0.05, 0.1) is 34.9 Å². The Balaban J connectivity index is 0.000000307. The molecule has 1 unspecified atom stereocenters. The molecule has 16 heteroatoms. The number of pyridine rings is 1. The van der Waals surface area contributed by atoms with E-state index in [4.69, 9.17) is 5.73 Å². The highest BCUT2D eigenvalue weighted by molar-refractivity contribution is 5.86. The highest BCUT2D eigenvalue weighted by Gasteiger charge is 2.36. The van der Waals surface area contributed by atoms with Crippen LogP contribution < -0.4 is 16.9 Å². The van der Waals surface area contributed by atoms with Crippen molar-refractivity contribution in [1.82, 2.24) is 24.7 Å². The van der Waals surface area contributed by atoms with Gasteiger partial charge in [-0.1, -0.05) is 13.3 Å². The van der Waals surface area contributed by atoms with Gasteiger partial charge >= 0.3 is 12.4 Å². The predicted octanol–water partition coefficient (Wildman–Crippen LogP) is 5.13. The molecule has 0 saturated carbocycles. The Morgan fingerprint density at radius 3 is 2.20 bits per heavy atom. The smallest absolute Gasteiger partial charge is 0.397 e. The van der Waals surface area contributed by atoms with Crippen LogP contribution in [0.2, 0.25) is 0 Å². The average Bonchev–Trinajstić information content (AvgIpc) is 2.85. The number of H-pyrrole nitrogens is 1. The number of nitrogens with two attached hydrogens (primary N) is 1. The molecule has 4 aromatic rings. The Morgan fingerprint density at radius 2 is 1.68 bits per heavy atom. The lowest BCUT2D eigenvalue weighted by atomic mass is 10.1. The minimum absolute atomic E-state index is 0.0411. The van der Waals surface area contributed by atoms with Crippen molar-refractivity contribution >= 4 is 16.5 Å². The summed E-state index contributed by atoms with van der Waals surface area (Å²) in [6.45, 7) is 1.70. The Labute approximate surface area is 219 Å². The maximum atomic E-state index is 14.5. The Kier molecular flexibility index (Phi) is 8.90. The van der Waals surface area contributed by atoms with E-state index in [0.717, 1.165) is 12.3 Å². The van der Waals surface area contributed by atoms with Crippen molar-refractivity contribution in [3.05, 3.63) is 80.6 Å². The number of halogens is 8. The van der Waals surface area contributed by atoms with E-state index in [9.17, 15) is 44.7 Å². The molecule has 3 aromatic heterocycles. The number of benzene rings is 1. The first-order valence-electron chi connectivity index (χ1n) is 11.4. The van der Waals surface area contributed by atoms with Crippen molar-refractivity contribution in [2.24, 2.45) is 0 Å². The first-order valence-corrected chi connectivity index (χ1v) is 11.4. The number of nitrogens with zero attached hydrogens (tertiary/aromatic N) is 4. The van der Waals surface area contributed by atoms with Crippen LogP contribution in [0, 0.1) is 5.82 Å². The Hall–Kier alpha value is -4.37. The van der Waals surface area contributed by atoms with Gasteiger partial charge in [-0.25, -0.2) is 23.8 Å². The molecule has 0 fully saturated rings. The zero-order chi connectivity index (χ0) is 29.8. The van der Waals surface area contributed by atoms with Crippen LogP contribution in [0.1, 0.15) is 30.9 Å². The summed E-state index contributed by atoms with van der Waals surface area (Å²) in [5.41, 5.74) is -0.232. The average molecular weight is 576 g/mol. The van der Waals surface area contributed by atoms with Crippen LogP contribution in [0.5, 0.6) is 0 Å². The quantitative estimate of drug-likeness (QED) is 0.318. The topological polar surface area (TPSA) is 120 Å². The number of aromatic nitrogens is 5. The van der Waals surface area contributed by atoms with Gasteiger partial charge in [0.25, 0.3) is 11.1 Å². The van der Waals surface area contributed by atoms with Gasteiger partial charge in [0, 0.05) is 18.6 Å². The van der Waals surface area contributed by atoms with E-state index in [1.165, 1.54) is 22.9 Å². The summed E-state index contributed by atoms with van der Waals surface area (Å²) < 4.78 is 103. The summed E-state index contributed by atoms with van der Waals surface area (Å²) in [5, 5.41) is 5.13. The summed E-state index contributed by atoms with van der Waals surface area (Å²) >= 11 is 0. The number of aromatic amines is 1. The van der Waals surface area contributed by atoms with Gasteiger partial charge < -0.3 is 10.3 Å². The van der Waals surface area contributed by atoms with Crippen LogP contribution in [0.15, 0.2) is 52.6 Å². The zero-order valence-electron chi connectivity index (χ0n) is 20.4. The molecular weight excluding hydrogens is 556 g/mol. The van der Waals surface area contributed by atoms with Gasteiger partial charge in [0.1, 0.15) is 17.6 Å². The molecule has 8 nitrogen and oxygen atoms in total. The summed E-state index contributed by atoms with van der Waals surface area (Å²) in [5.74, 6) is -1.09.